The van der Waals surface area contributed by atoms with Gasteiger partial charge in [0.05, 0.1) is 0 Å². The average Bonchev–Trinajstić information content (AvgIpc) is 2.24. The van der Waals surface area contributed by atoms with E-state index in [0.29, 0.717) is 12.0 Å². The Labute approximate surface area is 103 Å². The molecule has 0 aliphatic rings. The van der Waals surface area contributed by atoms with E-state index in [1.54, 1.807) is 0 Å². The van der Waals surface area contributed by atoms with E-state index in [1.807, 2.05) is 57.2 Å². The molecule has 1 N–H and O–H groups in total. The molecule has 0 aromatic heterocycles. The molecule has 0 aliphatic heterocycles. The Balaban J connectivity index is 2.70. The van der Waals surface area contributed by atoms with Crippen molar-refractivity contribution in [3.8, 4) is 0 Å². The van der Waals surface area contributed by atoms with Crippen LogP contribution in [0.5, 0.6) is 0 Å². The Bertz CT molecular complexity index is 397. The summed E-state index contributed by atoms with van der Waals surface area (Å²) in [5, 5.41) is 9.15. The molecule has 92 valence electrons. The quantitative estimate of drug-likeness (QED) is 0.804. The zero-order valence-electron chi connectivity index (χ0n) is 10.7. The second kappa shape index (κ2) is 5.67. The SMILES string of the molecule is CC(C)(C)C=C(CCc1ccccc1)C(=O)O. The summed E-state index contributed by atoms with van der Waals surface area (Å²) in [6.45, 7) is 6.04. The van der Waals surface area contributed by atoms with Crippen LogP contribution in [0.15, 0.2) is 42.0 Å². The van der Waals surface area contributed by atoms with Gasteiger partial charge in [-0.3, -0.25) is 0 Å². The molecule has 17 heavy (non-hydrogen) atoms. The zero-order chi connectivity index (χ0) is 12.9. The van der Waals surface area contributed by atoms with Gasteiger partial charge in [0.15, 0.2) is 0 Å². The molecule has 0 bridgehead atoms. The fraction of sp³-hybridized carbons (Fsp3) is 0.400. The number of hydrogen-bond acceptors (Lipinski definition) is 1. The number of carboxylic acid groups (broad SMARTS) is 1. The third-order valence-corrected chi connectivity index (χ3v) is 2.41. The summed E-state index contributed by atoms with van der Waals surface area (Å²) in [6.07, 6.45) is 3.20. The number of rotatable bonds is 4. The molecule has 0 aliphatic carbocycles. The minimum Gasteiger partial charge on any atom is -0.478 e. The van der Waals surface area contributed by atoms with Crippen molar-refractivity contribution in [1.82, 2.24) is 0 Å². The molecule has 0 saturated carbocycles. The summed E-state index contributed by atoms with van der Waals surface area (Å²) >= 11 is 0. The first-order chi connectivity index (χ1) is 7.88. The van der Waals surface area contributed by atoms with Crippen molar-refractivity contribution in [1.29, 1.82) is 0 Å². The van der Waals surface area contributed by atoms with Gasteiger partial charge < -0.3 is 5.11 Å². The van der Waals surface area contributed by atoms with Gasteiger partial charge in [-0.15, -0.1) is 0 Å². The highest BCUT2D eigenvalue weighted by atomic mass is 16.4. The minimum atomic E-state index is -0.809. The number of aryl methyl sites for hydroxylation is 1. The normalized spacial score (nSPS) is 12.5. The van der Waals surface area contributed by atoms with Gasteiger partial charge >= 0.3 is 5.97 Å². The molecule has 0 heterocycles. The number of hydrogen-bond donors (Lipinski definition) is 1. The molecule has 1 aromatic rings. The van der Waals surface area contributed by atoms with Gasteiger partial charge in [-0.05, 0) is 23.8 Å². The van der Waals surface area contributed by atoms with Crippen molar-refractivity contribution in [2.75, 3.05) is 0 Å². The van der Waals surface area contributed by atoms with E-state index in [0.717, 1.165) is 6.42 Å². The first-order valence-electron chi connectivity index (χ1n) is 5.87. The van der Waals surface area contributed by atoms with E-state index in [1.165, 1.54) is 5.56 Å². The van der Waals surface area contributed by atoms with Crippen LogP contribution in [-0.4, -0.2) is 11.1 Å². The number of allylic oxidation sites excluding steroid dienone is 1. The highest BCUT2D eigenvalue weighted by Gasteiger charge is 2.13. The third-order valence-electron chi connectivity index (χ3n) is 2.41. The molecule has 0 saturated heterocycles. The highest BCUT2D eigenvalue weighted by molar-refractivity contribution is 5.86. The van der Waals surface area contributed by atoms with E-state index < -0.39 is 5.97 Å². The van der Waals surface area contributed by atoms with E-state index >= 15 is 0 Å². The summed E-state index contributed by atoms with van der Waals surface area (Å²) in [6, 6.07) is 9.96. The summed E-state index contributed by atoms with van der Waals surface area (Å²) in [4.78, 5) is 11.1. The Morgan fingerprint density at radius 2 is 1.82 bits per heavy atom. The molecule has 0 amide bonds. The van der Waals surface area contributed by atoms with Crippen LogP contribution in [0.3, 0.4) is 0 Å². The fourth-order valence-electron chi connectivity index (χ4n) is 1.69. The second-order valence-electron chi connectivity index (χ2n) is 5.33. The molecule has 0 atom stereocenters. The lowest BCUT2D eigenvalue weighted by atomic mass is 9.91. The molecule has 1 aromatic carbocycles. The Morgan fingerprint density at radius 1 is 1.24 bits per heavy atom. The lowest BCUT2D eigenvalue weighted by molar-refractivity contribution is -0.132. The van der Waals surface area contributed by atoms with Gasteiger partial charge in [-0.2, -0.15) is 0 Å². The van der Waals surface area contributed by atoms with Crippen LogP contribution < -0.4 is 0 Å². The number of benzene rings is 1. The molecule has 0 spiro atoms. The average molecular weight is 232 g/mol. The van der Waals surface area contributed by atoms with Crippen molar-refractivity contribution in [2.45, 2.75) is 33.6 Å². The minimum absolute atomic E-state index is 0.0928. The van der Waals surface area contributed by atoms with Crippen molar-refractivity contribution in [2.24, 2.45) is 5.41 Å². The Hall–Kier alpha value is -1.57. The van der Waals surface area contributed by atoms with Crippen molar-refractivity contribution in [3.05, 3.63) is 47.5 Å². The summed E-state index contributed by atoms with van der Waals surface area (Å²) in [5.74, 6) is -0.809. The van der Waals surface area contributed by atoms with Crippen LogP contribution in [0.2, 0.25) is 0 Å². The maximum absolute atomic E-state index is 11.1. The molecule has 0 unspecified atom stereocenters. The number of carbonyl (C=O) groups is 1. The first kappa shape index (κ1) is 13.5. The number of carboxylic acids is 1. The molecular weight excluding hydrogens is 212 g/mol. The van der Waals surface area contributed by atoms with E-state index in [9.17, 15) is 4.79 Å². The van der Waals surface area contributed by atoms with Gasteiger partial charge in [-0.25, -0.2) is 4.79 Å². The second-order valence-corrected chi connectivity index (χ2v) is 5.33. The molecule has 2 nitrogen and oxygen atoms in total. The summed E-state index contributed by atoms with van der Waals surface area (Å²) in [7, 11) is 0. The lowest BCUT2D eigenvalue weighted by Crippen LogP contribution is -2.08. The van der Waals surface area contributed by atoms with Gasteiger partial charge in [0, 0.05) is 5.57 Å². The molecule has 0 radical (unpaired) electrons. The molecular formula is C15H20O2. The standard InChI is InChI=1S/C15H20O2/c1-15(2,3)11-13(14(16)17)10-9-12-7-5-4-6-8-12/h4-8,11H,9-10H2,1-3H3,(H,16,17). The lowest BCUT2D eigenvalue weighted by Gasteiger charge is -2.14. The first-order valence-corrected chi connectivity index (χ1v) is 5.87. The van der Waals surface area contributed by atoms with Crippen LogP contribution in [0.1, 0.15) is 32.8 Å². The van der Waals surface area contributed by atoms with Crippen molar-refractivity contribution in [3.63, 3.8) is 0 Å². The maximum Gasteiger partial charge on any atom is 0.331 e. The topological polar surface area (TPSA) is 37.3 Å². The van der Waals surface area contributed by atoms with Gasteiger partial charge in [0.25, 0.3) is 0 Å². The molecule has 1 rings (SSSR count). The van der Waals surface area contributed by atoms with E-state index in [4.69, 9.17) is 5.11 Å². The number of aliphatic carboxylic acids is 1. The van der Waals surface area contributed by atoms with E-state index in [-0.39, 0.29) is 5.41 Å². The van der Waals surface area contributed by atoms with Crippen LogP contribution in [0.25, 0.3) is 0 Å². The maximum atomic E-state index is 11.1. The van der Waals surface area contributed by atoms with Gasteiger partial charge in [0.2, 0.25) is 0 Å². The molecule has 2 heteroatoms. The van der Waals surface area contributed by atoms with Crippen LogP contribution in [0, 0.1) is 5.41 Å². The molecule has 0 fully saturated rings. The predicted molar refractivity (Wildman–Crippen MR) is 69.9 cm³/mol. The Kier molecular flexibility index (Phi) is 4.50. The monoisotopic (exact) mass is 232 g/mol. The van der Waals surface area contributed by atoms with Crippen molar-refractivity contribution < 1.29 is 9.90 Å². The third kappa shape index (κ3) is 5.34. The van der Waals surface area contributed by atoms with Crippen LogP contribution in [-0.2, 0) is 11.2 Å². The largest absolute Gasteiger partial charge is 0.478 e. The Morgan fingerprint density at radius 3 is 2.29 bits per heavy atom. The van der Waals surface area contributed by atoms with Gasteiger partial charge in [0.1, 0.15) is 0 Å². The predicted octanol–water partition coefficient (Wildman–Crippen LogP) is 3.68. The fourth-order valence-corrected chi connectivity index (χ4v) is 1.69. The van der Waals surface area contributed by atoms with Gasteiger partial charge in [-0.1, -0.05) is 57.2 Å². The summed E-state index contributed by atoms with van der Waals surface area (Å²) < 4.78 is 0. The smallest absolute Gasteiger partial charge is 0.331 e. The zero-order valence-corrected chi connectivity index (χ0v) is 10.7. The summed E-state index contributed by atoms with van der Waals surface area (Å²) in [5.41, 5.74) is 1.58. The highest BCUT2D eigenvalue weighted by Crippen LogP contribution is 2.20. The van der Waals surface area contributed by atoms with E-state index in [2.05, 4.69) is 0 Å². The van der Waals surface area contributed by atoms with Crippen molar-refractivity contribution >= 4 is 5.97 Å². The van der Waals surface area contributed by atoms with Crippen LogP contribution >= 0.6 is 0 Å². The van der Waals surface area contributed by atoms with Crippen LogP contribution in [0.4, 0.5) is 0 Å².